The Kier molecular flexibility index (Phi) is 4.62. The third-order valence-electron chi connectivity index (χ3n) is 3.86. The molecule has 0 radical (unpaired) electrons. The third kappa shape index (κ3) is 3.17. The zero-order chi connectivity index (χ0) is 18.3. The Bertz CT molecular complexity index is 1050. The van der Waals surface area contributed by atoms with Crippen LogP contribution in [0.4, 0.5) is 8.78 Å². The first-order valence-electron chi connectivity index (χ1n) is 7.28. The van der Waals surface area contributed by atoms with E-state index in [4.69, 9.17) is 23.2 Å². The Labute approximate surface area is 152 Å². The zero-order valence-corrected chi connectivity index (χ0v) is 14.8. The molecule has 0 aliphatic rings. The Morgan fingerprint density at radius 2 is 1.48 bits per heavy atom. The molecule has 1 aromatic heterocycles. The molecule has 0 amide bonds. The summed E-state index contributed by atoms with van der Waals surface area (Å²) >= 11 is 12.4. The summed E-state index contributed by atoms with van der Waals surface area (Å²) in [5, 5.41) is 4.56. The number of hydrogen-bond donors (Lipinski definition) is 0. The minimum Gasteiger partial charge on any atom is -0.268 e. The Balaban J connectivity index is 2.41. The molecule has 3 rings (SSSR count). The van der Waals surface area contributed by atoms with Crippen LogP contribution < -0.4 is 5.56 Å². The average molecular weight is 381 g/mol. The van der Waals surface area contributed by atoms with Gasteiger partial charge in [0, 0.05) is 29.3 Å². The van der Waals surface area contributed by atoms with Crippen LogP contribution in [0.1, 0.15) is 5.56 Å². The second kappa shape index (κ2) is 6.58. The molecule has 25 heavy (non-hydrogen) atoms. The van der Waals surface area contributed by atoms with Crippen LogP contribution in [-0.4, -0.2) is 9.78 Å². The number of aryl methyl sites for hydroxylation is 1. The summed E-state index contributed by atoms with van der Waals surface area (Å²) in [6, 6.07) is 7.76. The largest absolute Gasteiger partial charge is 0.270 e. The predicted molar refractivity (Wildman–Crippen MR) is 95.0 cm³/mol. The Morgan fingerprint density at radius 1 is 0.960 bits per heavy atom. The van der Waals surface area contributed by atoms with Gasteiger partial charge >= 0.3 is 0 Å². The quantitative estimate of drug-likeness (QED) is 0.626. The highest BCUT2D eigenvalue weighted by atomic mass is 35.5. The number of hydrogen-bond acceptors (Lipinski definition) is 2. The highest BCUT2D eigenvalue weighted by Crippen LogP contribution is 2.38. The third-order valence-corrected chi connectivity index (χ3v) is 4.49. The monoisotopic (exact) mass is 380 g/mol. The van der Waals surface area contributed by atoms with Crippen molar-refractivity contribution >= 4 is 23.2 Å². The first kappa shape index (κ1) is 17.6. The van der Waals surface area contributed by atoms with Crippen LogP contribution in [0.15, 0.2) is 41.2 Å². The highest BCUT2D eigenvalue weighted by molar-refractivity contribution is 6.34. The van der Waals surface area contributed by atoms with Gasteiger partial charge in [-0.2, -0.15) is 5.10 Å². The van der Waals surface area contributed by atoms with Gasteiger partial charge in [0.1, 0.15) is 17.3 Å². The standard InChI is InChI=1S/C18H12Cl2F2N2O/c1-9-16(12-5-3-10(21)7-14(12)19)17(23-24(2)18(9)25)13-6-4-11(22)8-15(13)20/h3-8H,1-2H3. The molecule has 7 heteroatoms. The van der Waals surface area contributed by atoms with Gasteiger partial charge in [0.15, 0.2) is 0 Å². The van der Waals surface area contributed by atoms with Crippen molar-refractivity contribution in [3.8, 4) is 22.4 Å². The van der Waals surface area contributed by atoms with Crippen molar-refractivity contribution in [2.75, 3.05) is 0 Å². The second-order valence-electron chi connectivity index (χ2n) is 5.53. The maximum Gasteiger partial charge on any atom is 0.270 e. The van der Waals surface area contributed by atoms with Gasteiger partial charge in [-0.05, 0) is 43.3 Å². The van der Waals surface area contributed by atoms with E-state index in [1.165, 1.54) is 36.0 Å². The molecule has 3 aromatic rings. The van der Waals surface area contributed by atoms with Gasteiger partial charge in [0.05, 0.1) is 10.0 Å². The van der Waals surface area contributed by atoms with E-state index in [0.717, 1.165) is 12.1 Å². The number of benzene rings is 2. The minimum atomic E-state index is -0.496. The zero-order valence-electron chi connectivity index (χ0n) is 13.3. The lowest BCUT2D eigenvalue weighted by molar-refractivity contribution is 0.627. The molecule has 0 unspecified atom stereocenters. The van der Waals surface area contributed by atoms with Gasteiger partial charge in [0.2, 0.25) is 0 Å². The fourth-order valence-electron chi connectivity index (χ4n) is 2.66. The van der Waals surface area contributed by atoms with Gasteiger partial charge < -0.3 is 0 Å². The molecule has 0 atom stereocenters. The Morgan fingerprint density at radius 3 is 2.00 bits per heavy atom. The highest BCUT2D eigenvalue weighted by Gasteiger charge is 2.20. The molecule has 3 nitrogen and oxygen atoms in total. The summed E-state index contributed by atoms with van der Waals surface area (Å²) in [6.45, 7) is 1.62. The van der Waals surface area contributed by atoms with Crippen molar-refractivity contribution in [1.82, 2.24) is 9.78 Å². The summed E-state index contributed by atoms with van der Waals surface area (Å²) in [6.07, 6.45) is 0. The van der Waals surface area contributed by atoms with Crippen LogP contribution in [0, 0.1) is 18.6 Å². The van der Waals surface area contributed by atoms with Crippen LogP contribution >= 0.6 is 23.2 Å². The first-order chi connectivity index (χ1) is 11.8. The number of halogens is 4. The van der Waals surface area contributed by atoms with Gasteiger partial charge in [0.25, 0.3) is 5.56 Å². The maximum absolute atomic E-state index is 13.4. The molecular formula is C18H12Cl2F2N2O. The van der Waals surface area contributed by atoms with E-state index in [9.17, 15) is 13.6 Å². The summed E-state index contributed by atoms with van der Waals surface area (Å²) in [7, 11) is 1.51. The van der Waals surface area contributed by atoms with Gasteiger partial charge in [-0.15, -0.1) is 0 Å². The van der Waals surface area contributed by atoms with Crippen molar-refractivity contribution < 1.29 is 8.78 Å². The molecule has 0 saturated heterocycles. The number of aromatic nitrogens is 2. The summed E-state index contributed by atoms with van der Waals surface area (Å²) in [4.78, 5) is 12.4. The van der Waals surface area contributed by atoms with Gasteiger partial charge in [-0.1, -0.05) is 23.2 Å². The van der Waals surface area contributed by atoms with Gasteiger partial charge in [-0.25, -0.2) is 13.5 Å². The average Bonchev–Trinajstić information content (AvgIpc) is 2.54. The van der Waals surface area contributed by atoms with Crippen molar-refractivity contribution in [3.63, 3.8) is 0 Å². The van der Waals surface area contributed by atoms with Crippen LogP contribution in [0.5, 0.6) is 0 Å². The van der Waals surface area contributed by atoms with Crippen molar-refractivity contribution in [2.45, 2.75) is 6.92 Å². The summed E-state index contributed by atoms with van der Waals surface area (Å²) < 4.78 is 28.0. The topological polar surface area (TPSA) is 34.9 Å². The molecule has 0 aliphatic heterocycles. The predicted octanol–water partition coefficient (Wildman–Crippen LogP) is 5.01. The summed E-state index contributed by atoms with van der Waals surface area (Å²) in [5.41, 5.74) is 1.73. The minimum absolute atomic E-state index is 0.137. The van der Waals surface area contributed by atoms with Crippen LogP contribution in [-0.2, 0) is 7.05 Å². The van der Waals surface area contributed by atoms with Crippen LogP contribution in [0.3, 0.4) is 0 Å². The molecule has 0 saturated carbocycles. The lowest BCUT2D eigenvalue weighted by Crippen LogP contribution is -2.23. The summed E-state index contributed by atoms with van der Waals surface area (Å²) in [5.74, 6) is -0.985. The van der Waals surface area contributed by atoms with Crippen molar-refractivity contribution in [2.24, 2.45) is 7.05 Å². The molecular weight excluding hydrogens is 369 g/mol. The van der Waals surface area contributed by atoms with E-state index in [2.05, 4.69) is 5.10 Å². The number of rotatable bonds is 2. The van der Waals surface area contributed by atoms with E-state index in [-0.39, 0.29) is 15.6 Å². The van der Waals surface area contributed by atoms with Crippen LogP contribution in [0.2, 0.25) is 10.0 Å². The van der Waals surface area contributed by atoms with E-state index < -0.39 is 11.6 Å². The second-order valence-corrected chi connectivity index (χ2v) is 6.34. The van der Waals surface area contributed by atoms with E-state index in [0.29, 0.717) is 27.9 Å². The van der Waals surface area contributed by atoms with E-state index in [1.807, 2.05) is 0 Å². The molecule has 0 aliphatic carbocycles. The lowest BCUT2D eigenvalue weighted by atomic mass is 9.96. The molecule has 1 heterocycles. The SMILES string of the molecule is Cc1c(-c2ccc(F)cc2Cl)c(-c2ccc(F)cc2Cl)nn(C)c1=O. The molecule has 0 spiro atoms. The first-order valence-corrected chi connectivity index (χ1v) is 8.04. The maximum atomic E-state index is 13.4. The van der Waals surface area contributed by atoms with Gasteiger partial charge in [-0.3, -0.25) is 4.79 Å². The van der Waals surface area contributed by atoms with Crippen molar-refractivity contribution in [3.05, 3.63) is 74.0 Å². The van der Waals surface area contributed by atoms with E-state index in [1.54, 1.807) is 6.92 Å². The lowest BCUT2D eigenvalue weighted by Gasteiger charge is -2.15. The van der Waals surface area contributed by atoms with E-state index >= 15 is 0 Å². The molecule has 0 fully saturated rings. The fraction of sp³-hybridized carbons (Fsp3) is 0.111. The molecule has 128 valence electrons. The Hall–Kier alpha value is -2.24. The van der Waals surface area contributed by atoms with Crippen molar-refractivity contribution in [1.29, 1.82) is 0 Å². The number of nitrogens with zero attached hydrogens (tertiary/aromatic N) is 2. The molecule has 0 N–H and O–H groups in total. The smallest absolute Gasteiger partial charge is 0.268 e. The fourth-order valence-corrected chi connectivity index (χ4v) is 3.18. The van der Waals surface area contributed by atoms with Crippen LogP contribution in [0.25, 0.3) is 22.4 Å². The molecule has 2 aromatic carbocycles. The normalized spacial score (nSPS) is 11.0. The molecule has 0 bridgehead atoms.